The topological polar surface area (TPSA) is 20.3 Å². The molecule has 0 aromatic carbocycles. The largest absolute Gasteiger partial charge is 0.348 e. The van der Waals surface area contributed by atoms with Crippen LogP contribution in [0.1, 0.15) is 64.2 Å². The number of allylic oxidation sites excluding steroid dienone is 2. The molecule has 0 N–H and O–H groups in total. The predicted octanol–water partition coefficient (Wildman–Crippen LogP) is 4.72. The van der Waals surface area contributed by atoms with E-state index in [-0.39, 0.29) is 9.83 Å². The normalized spacial score (nSPS) is 17.1. The summed E-state index contributed by atoms with van der Waals surface area (Å²) < 4.78 is 0.157. The second-order valence-electron chi connectivity index (χ2n) is 5.76. The molecule has 3 heteroatoms. The summed E-state index contributed by atoms with van der Waals surface area (Å²) in [4.78, 5) is 13.4. The Morgan fingerprint density at radius 3 is 2.53 bits per heavy atom. The third kappa shape index (κ3) is 7.33. The van der Waals surface area contributed by atoms with E-state index in [0.717, 1.165) is 6.42 Å². The van der Waals surface area contributed by atoms with Crippen LogP contribution < -0.4 is 0 Å². The van der Waals surface area contributed by atoms with Crippen molar-refractivity contribution in [1.82, 2.24) is 4.90 Å². The fourth-order valence-corrected chi connectivity index (χ4v) is 3.56. The van der Waals surface area contributed by atoms with Gasteiger partial charge in [-0.3, -0.25) is 4.79 Å². The first-order chi connectivity index (χ1) is 9.11. The van der Waals surface area contributed by atoms with Gasteiger partial charge in [0.25, 0.3) is 0 Å². The molecular weight excluding hydrogens is 349 g/mol. The highest BCUT2D eigenvalue weighted by atomic mass is 127. The van der Waals surface area contributed by atoms with Crippen molar-refractivity contribution in [2.24, 2.45) is 0 Å². The van der Waals surface area contributed by atoms with Crippen LogP contribution in [0.5, 0.6) is 0 Å². The third-order valence-corrected chi connectivity index (χ3v) is 4.95. The number of carbonyl (C=O) groups excluding carboxylic acids is 1. The Morgan fingerprint density at radius 2 is 1.89 bits per heavy atom. The maximum absolute atomic E-state index is 11.7. The average molecular weight is 377 g/mol. The summed E-state index contributed by atoms with van der Waals surface area (Å²) in [7, 11) is 3.68. The number of carbonyl (C=O) groups is 1. The van der Waals surface area contributed by atoms with E-state index in [1.165, 1.54) is 57.8 Å². The molecule has 0 aromatic heterocycles. The van der Waals surface area contributed by atoms with Gasteiger partial charge in [-0.1, -0.05) is 53.5 Å². The summed E-state index contributed by atoms with van der Waals surface area (Å²) in [6, 6.07) is 0. The zero-order chi connectivity index (χ0) is 14.1. The van der Waals surface area contributed by atoms with Crippen molar-refractivity contribution in [3.8, 4) is 0 Å². The minimum Gasteiger partial charge on any atom is -0.348 e. The van der Waals surface area contributed by atoms with E-state index in [1.54, 1.807) is 10.5 Å². The number of nitrogens with zero attached hydrogens (tertiary/aromatic N) is 1. The van der Waals surface area contributed by atoms with Crippen molar-refractivity contribution in [3.63, 3.8) is 0 Å². The third-order valence-electron chi connectivity index (χ3n) is 3.80. The van der Waals surface area contributed by atoms with Crippen LogP contribution in [-0.2, 0) is 4.79 Å². The second-order valence-corrected chi connectivity index (χ2v) is 7.26. The number of hydrogen-bond acceptors (Lipinski definition) is 1. The van der Waals surface area contributed by atoms with Gasteiger partial charge in [0.15, 0.2) is 0 Å². The molecule has 0 bridgehead atoms. The first kappa shape index (κ1) is 17.0. The van der Waals surface area contributed by atoms with Crippen LogP contribution in [0, 0.1) is 0 Å². The Morgan fingerprint density at radius 1 is 1.21 bits per heavy atom. The van der Waals surface area contributed by atoms with Crippen molar-refractivity contribution in [3.05, 3.63) is 11.6 Å². The van der Waals surface area contributed by atoms with Crippen molar-refractivity contribution in [1.29, 1.82) is 0 Å². The molecule has 1 amide bonds. The van der Waals surface area contributed by atoms with Crippen LogP contribution in [0.15, 0.2) is 11.6 Å². The lowest BCUT2D eigenvalue weighted by Crippen LogP contribution is -2.29. The zero-order valence-electron chi connectivity index (χ0n) is 12.5. The van der Waals surface area contributed by atoms with Gasteiger partial charge >= 0.3 is 0 Å². The Kier molecular flexibility index (Phi) is 8.75. The van der Waals surface area contributed by atoms with Gasteiger partial charge in [-0.2, -0.15) is 0 Å². The number of hydrogen-bond donors (Lipinski definition) is 0. The van der Waals surface area contributed by atoms with Crippen LogP contribution in [0.2, 0.25) is 0 Å². The van der Waals surface area contributed by atoms with Gasteiger partial charge in [-0.05, 0) is 44.9 Å². The molecule has 19 heavy (non-hydrogen) atoms. The molecule has 1 unspecified atom stereocenters. The molecule has 1 saturated carbocycles. The molecule has 1 atom stereocenters. The van der Waals surface area contributed by atoms with Gasteiger partial charge in [-0.25, -0.2) is 0 Å². The standard InChI is InChI=1S/C16H28INO/c1-18(2)16(19)15(17)13-9-4-3-6-10-14-11-7-5-8-12-14/h10,15H,3-9,11-13H2,1-2H3. The molecule has 0 radical (unpaired) electrons. The van der Waals surface area contributed by atoms with Crippen molar-refractivity contribution >= 4 is 28.5 Å². The summed E-state index contributed by atoms with van der Waals surface area (Å²) in [5.74, 6) is 0.255. The van der Waals surface area contributed by atoms with E-state index in [1.807, 2.05) is 14.1 Å². The molecule has 0 aromatic rings. The number of halogens is 1. The van der Waals surface area contributed by atoms with Gasteiger partial charge in [0.05, 0.1) is 3.92 Å². The lowest BCUT2D eigenvalue weighted by atomic mass is 9.94. The smallest absolute Gasteiger partial charge is 0.235 e. The van der Waals surface area contributed by atoms with E-state index in [0.29, 0.717) is 0 Å². The molecule has 0 spiro atoms. The summed E-state index contributed by atoms with van der Waals surface area (Å²) in [5, 5.41) is 0. The summed E-state index contributed by atoms with van der Waals surface area (Å²) in [6.07, 6.45) is 15.4. The quantitative estimate of drug-likeness (QED) is 0.272. The lowest BCUT2D eigenvalue weighted by Gasteiger charge is -2.15. The van der Waals surface area contributed by atoms with Crippen LogP contribution in [0.3, 0.4) is 0 Å². The van der Waals surface area contributed by atoms with Crippen molar-refractivity contribution in [2.75, 3.05) is 14.1 Å². The first-order valence-corrected chi connectivity index (χ1v) is 8.89. The number of rotatable bonds is 7. The Bertz CT molecular complexity index is 291. The average Bonchev–Trinajstić information content (AvgIpc) is 2.42. The Labute approximate surface area is 132 Å². The Hall–Kier alpha value is -0.0600. The SMILES string of the molecule is CN(C)C(=O)C(I)CCCCCC=C1CCCCC1. The molecule has 0 heterocycles. The van der Waals surface area contributed by atoms with Gasteiger partial charge in [0.1, 0.15) is 0 Å². The van der Waals surface area contributed by atoms with Gasteiger partial charge in [0, 0.05) is 14.1 Å². The molecule has 0 saturated heterocycles. The molecule has 110 valence electrons. The maximum Gasteiger partial charge on any atom is 0.235 e. The summed E-state index contributed by atoms with van der Waals surface area (Å²) in [6.45, 7) is 0. The van der Waals surface area contributed by atoms with Crippen LogP contribution in [0.4, 0.5) is 0 Å². The highest BCUT2D eigenvalue weighted by molar-refractivity contribution is 14.1. The van der Waals surface area contributed by atoms with Gasteiger partial charge < -0.3 is 4.90 Å². The van der Waals surface area contributed by atoms with Crippen LogP contribution >= 0.6 is 22.6 Å². The van der Waals surface area contributed by atoms with Crippen LogP contribution in [0.25, 0.3) is 0 Å². The number of alkyl halides is 1. The fraction of sp³-hybridized carbons (Fsp3) is 0.812. The lowest BCUT2D eigenvalue weighted by molar-refractivity contribution is -0.127. The number of amides is 1. The minimum atomic E-state index is 0.157. The molecule has 1 rings (SSSR count). The minimum absolute atomic E-state index is 0.157. The molecule has 0 aliphatic heterocycles. The predicted molar refractivity (Wildman–Crippen MR) is 90.8 cm³/mol. The van der Waals surface area contributed by atoms with Crippen LogP contribution in [-0.4, -0.2) is 28.8 Å². The molecular formula is C16H28INO. The number of unbranched alkanes of at least 4 members (excludes halogenated alkanes) is 3. The zero-order valence-corrected chi connectivity index (χ0v) is 14.6. The summed E-state index contributed by atoms with van der Waals surface area (Å²) in [5.41, 5.74) is 1.70. The highest BCUT2D eigenvalue weighted by Crippen LogP contribution is 2.23. The van der Waals surface area contributed by atoms with E-state index in [2.05, 4.69) is 28.7 Å². The van der Waals surface area contributed by atoms with E-state index in [9.17, 15) is 4.79 Å². The second kappa shape index (κ2) is 9.78. The molecule has 1 aliphatic carbocycles. The monoisotopic (exact) mass is 377 g/mol. The fourth-order valence-electron chi connectivity index (χ4n) is 2.56. The summed E-state index contributed by atoms with van der Waals surface area (Å²) >= 11 is 2.28. The molecule has 1 fully saturated rings. The highest BCUT2D eigenvalue weighted by Gasteiger charge is 2.15. The Balaban J connectivity index is 2.03. The van der Waals surface area contributed by atoms with E-state index in [4.69, 9.17) is 0 Å². The molecule has 2 nitrogen and oxygen atoms in total. The van der Waals surface area contributed by atoms with Crippen molar-refractivity contribution in [2.45, 2.75) is 68.1 Å². The van der Waals surface area contributed by atoms with Gasteiger partial charge in [0.2, 0.25) is 5.91 Å². The van der Waals surface area contributed by atoms with Crippen molar-refractivity contribution < 1.29 is 4.79 Å². The molecule has 1 aliphatic rings. The van der Waals surface area contributed by atoms with Gasteiger partial charge in [-0.15, -0.1) is 0 Å². The first-order valence-electron chi connectivity index (χ1n) is 7.64. The van der Waals surface area contributed by atoms with E-state index < -0.39 is 0 Å². The van der Waals surface area contributed by atoms with E-state index >= 15 is 0 Å². The maximum atomic E-state index is 11.7.